The van der Waals surface area contributed by atoms with Gasteiger partial charge in [0.05, 0.1) is 0 Å². The molecule has 13 heavy (non-hydrogen) atoms. The summed E-state index contributed by atoms with van der Waals surface area (Å²) in [6.07, 6.45) is 8.33. The molecule has 1 N–H and O–H groups in total. The first-order valence-corrected chi connectivity index (χ1v) is 4.99. The molecule has 70 valence electrons. The van der Waals surface area contributed by atoms with Crippen molar-refractivity contribution in [3.8, 4) is 0 Å². The Morgan fingerprint density at radius 3 is 2.77 bits per heavy atom. The van der Waals surface area contributed by atoms with E-state index in [1.165, 1.54) is 32.1 Å². The lowest BCUT2D eigenvalue weighted by Crippen LogP contribution is -2.22. The summed E-state index contributed by atoms with van der Waals surface area (Å²) in [6.45, 7) is 0. The van der Waals surface area contributed by atoms with Gasteiger partial charge >= 0.3 is 0 Å². The molecule has 0 aliphatic heterocycles. The molecule has 3 heteroatoms. The van der Waals surface area contributed by atoms with Crippen LogP contribution in [0.5, 0.6) is 0 Å². The Morgan fingerprint density at radius 1 is 1.23 bits per heavy atom. The molecule has 1 aliphatic rings. The number of aromatic nitrogens is 2. The Balaban J connectivity index is 1.90. The van der Waals surface area contributed by atoms with E-state index >= 15 is 0 Å². The predicted octanol–water partition coefficient (Wildman–Crippen LogP) is 2.22. The molecule has 2 rings (SSSR count). The van der Waals surface area contributed by atoms with Crippen LogP contribution in [0.1, 0.15) is 32.1 Å². The largest absolute Gasteiger partial charge is 0.366 e. The van der Waals surface area contributed by atoms with Gasteiger partial charge in [0.15, 0.2) is 0 Å². The normalized spacial score (nSPS) is 18.5. The van der Waals surface area contributed by atoms with E-state index in [4.69, 9.17) is 0 Å². The first-order chi connectivity index (χ1) is 6.45. The van der Waals surface area contributed by atoms with E-state index in [9.17, 15) is 0 Å². The van der Waals surface area contributed by atoms with E-state index in [1.54, 1.807) is 6.20 Å². The van der Waals surface area contributed by atoms with Gasteiger partial charge in [-0.05, 0) is 25.0 Å². The Kier molecular flexibility index (Phi) is 2.75. The fraction of sp³-hybridized carbons (Fsp3) is 0.600. The molecule has 0 aromatic carbocycles. The van der Waals surface area contributed by atoms with Crippen molar-refractivity contribution in [2.45, 2.75) is 38.1 Å². The maximum Gasteiger partial charge on any atom is 0.148 e. The highest BCUT2D eigenvalue weighted by molar-refractivity contribution is 5.32. The highest BCUT2D eigenvalue weighted by Crippen LogP contribution is 2.20. The van der Waals surface area contributed by atoms with Crippen LogP contribution in [0, 0.1) is 0 Å². The highest BCUT2D eigenvalue weighted by Gasteiger charge is 2.12. The van der Waals surface area contributed by atoms with Crippen LogP contribution in [0.3, 0.4) is 0 Å². The van der Waals surface area contributed by atoms with Gasteiger partial charge in [-0.15, -0.1) is 5.10 Å². The van der Waals surface area contributed by atoms with Crippen molar-refractivity contribution in [1.29, 1.82) is 0 Å². The van der Waals surface area contributed by atoms with Gasteiger partial charge in [0.2, 0.25) is 0 Å². The Bertz CT molecular complexity index is 242. The average Bonchev–Trinajstić information content (AvgIpc) is 2.21. The van der Waals surface area contributed by atoms with Gasteiger partial charge < -0.3 is 5.32 Å². The Hall–Kier alpha value is -1.12. The minimum atomic E-state index is 0.616. The third-order valence-corrected chi connectivity index (χ3v) is 2.53. The predicted molar refractivity (Wildman–Crippen MR) is 52.5 cm³/mol. The van der Waals surface area contributed by atoms with E-state index in [2.05, 4.69) is 15.5 Å². The van der Waals surface area contributed by atoms with Crippen LogP contribution in [0.2, 0.25) is 0 Å². The van der Waals surface area contributed by atoms with Gasteiger partial charge in [-0.1, -0.05) is 19.3 Å². The van der Waals surface area contributed by atoms with Crippen LogP contribution in [0.15, 0.2) is 18.3 Å². The molecule has 1 saturated carbocycles. The molecule has 1 fully saturated rings. The summed E-state index contributed by atoms with van der Waals surface area (Å²) in [5.41, 5.74) is 0. The fourth-order valence-corrected chi connectivity index (χ4v) is 1.83. The van der Waals surface area contributed by atoms with Gasteiger partial charge in [-0.2, -0.15) is 5.10 Å². The minimum Gasteiger partial charge on any atom is -0.366 e. The van der Waals surface area contributed by atoms with Crippen molar-refractivity contribution in [2.24, 2.45) is 0 Å². The number of rotatable bonds is 2. The van der Waals surface area contributed by atoms with Crippen molar-refractivity contribution >= 4 is 5.82 Å². The molecule has 1 aromatic rings. The number of hydrogen-bond acceptors (Lipinski definition) is 3. The second kappa shape index (κ2) is 4.21. The van der Waals surface area contributed by atoms with Crippen molar-refractivity contribution < 1.29 is 0 Å². The van der Waals surface area contributed by atoms with E-state index in [0.29, 0.717) is 6.04 Å². The third kappa shape index (κ3) is 2.41. The first-order valence-electron chi connectivity index (χ1n) is 4.99. The third-order valence-electron chi connectivity index (χ3n) is 2.53. The zero-order valence-corrected chi connectivity index (χ0v) is 7.74. The summed E-state index contributed by atoms with van der Waals surface area (Å²) in [5, 5.41) is 11.3. The fourth-order valence-electron chi connectivity index (χ4n) is 1.83. The maximum atomic E-state index is 4.01. The lowest BCUT2D eigenvalue weighted by atomic mass is 9.95. The van der Waals surface area contributed by atoms with E-state index in [-0.39, 0.29) is 0 Å². The summed E-state index contributed by atoms with van der Waals surface area (Å²) >= 11 is 0. The van der Waals surface area contributed by atoms with Crippen molar-refractivity contribution in [3.63, 3.8) is 0 Å². The zero-order valence-electron chi connectivity index (χ0n) is 7.74. The maximum absolute atomic E-state index is 4.01. The number of nitrogens with one attached hydrogen (secondary N) is 1. The summed E-state index contributed by atoms with van der Waals surface area (Å²) in [5.74, 6) is 0.911. The molecule has 1 heterocycles. The first kappa shape index (κ1) is 8.48. The lowest BCUT2D eigenvalue weighted by molar-refractivity contribution is 0.461. The van der Waals surface area contributed by atoms with E-state index in [0.717, 1.165) is 5.82 Å². The van der Waals surface area contributed by atoms with Gasteiger partial charge in [0.25, 0.3) is 0 Å². The van der Waals surface area contributed by atoms with E-state index < -0.39 is 0 Å². The SMILES string of the molecule is c1cnnc(NC2CCCCC2)c1. The molecule has 0 bridgehead atoms. The molecule has 3 nitrogen and oxygen atoms in total. The van der Waals surface area contributed by atoms with Gasteiger partial charge in [-0.3, -0.25) is 0 Å². The Labute approximate surface area is 78.6 Å². The quantitative estimate of drug-likeness (QED) is 0.752. The molecule has 0 radical (unpaired) electrons. The summed E-state index contributed by atoms with van der Waals surface area (Å²) in [4.78, 5) is 0. The number of nitrogens with zero attached hydrogens (tertiary/aromatic N) is 2. The number of anilines is 1. The van der Waals surface area contributed by atoms with Crippen LogP contribution in [0.25, 0.3) is 0 Å². The van der Waals surface area contributed by atoms with Crippen molar-refractivity contribution in [3.05, 3.63) is 18.3 Å². The second-order valence-electron chi connectivity index (χ2n) is 3.59. The summed E-state index contributed by atoms with van der Waals surface area (Å²) in [7, 11) is 0. The molecule has 1 aliphatic carbocycles. The Morgan fingerprint density at radius 2 is 2.08 bits per heavy atom. The lowest BCUT2D eigenvalue weighted by Gasteiger charge is -2.22. The molecular weight excluding hydrogens is 162 g/mol. The average molecular weight is 177 g/mol. The van der Waals surface area contributed by atoms with Crippen LogP contribution in [-0.2, 0) is 0 Å². The van der Waals surface area contributed by atoms with Crippen molar-refractivity contribution in [1.82, 2.24) is 10.2 Å². The second-order valence-corrected chi connectivity index (χ2v) is 3.59. The number of hydrogen-bond donors (Lipinski definition) is 1. The standard InChI is InChI=1S/C10H15N3/c1-2-5-9(6-3-1)12-10-7-4-8-11-13-10/h4,7-9H,1-3,5-6H2,(H,12,13). The monoisotopic (exact) mass is 177 g/mol. The molecule has 0 amide bonds. The molecule has 1 aromatic heterocycles. The molecule has 0 saturated heterocycles. The highest BCUT2D eigenvalue weighted by atomic mass is 15.2. The molecule has 0 spiro atoms. The summed E-state index contributed by atoms with van der Waals surface area (Å²) < 4.78 is 0. The van der Waals surface area contributed by atoms with Crippen molar-refractivity contribution in [2.75, 3.05) is 5.32 Å². The van der Waals surface area contributed by atoms with Crippen LogP contribution in [0.4, 0.5) is 5.82 Å². The van der Waals surface area contributed by atoms with Crippen LogP contribution >= 0.6 is 0 Å². The summed E-state index contributed by atoms with van der Waals surface area (Å²) in [6, 6.07) is 4.50. The van der Waals surface area contributed by atoms with Gasteiger partial charge in [-0.25, -0.2) is 0 Å². The van der Waals surface area contributed by atoms with Crippen LogP contribution < -0.4 is 5.32 Å². The van der Waals surface area contributed by atoms with Gasteiger partial charge in [0, 0.05) is 12.2 Å². The molecule has 0 unspecified atom stereocenters. The molecular formula is C10H15N3. The molecule has 0 atom stereocenters. The minimum absolute atomic E-state index is 0.616. The smallest absolute Gasteiger partial charge is 0.148 e. The van der Waals surface area contributed by atoms with E-state index in [1.807, 2.05) is 12.1 Å². The van der Waals surface area contributed by atoms with Crippen LogP contribution in [-0.4, -0.2) is 16.2 Å². The van der Waals surface area contributed by atoms with Gasteiger partial charge in [0.1, 0.15) is 5.82 Å². The zero-order chi connectivity index (χ0) is 8.93. The topological polar surface area (TPSA) is 37.8 Å².